The standard InChI is InChI=1S/C18H25FN2O3/c1-18(2,3)24-17(23)21-10-6-7-13(12-21)11-20-16(22)14-8-4-5-9-15(14)19/h4-5,8-9,13H,6-7,10-12H2,1-3H3,(H,20,22). The highest BCUT2D eigenvalue weighted by atomic mass is 19.1. The Bertz CT molecular complexity index is 598. The predicted molar refractivity (Wildman–Crippen MR) is 89.3 cm³/mol. The number of halogens is 1. The van der Waals surface area contributed by atoms with Crippen LogP contribution >= 0.6 is 0 Å². The van der Waals surface area contributed by atoms with Crippen molar-refractivity contribution in [1.29, 1.82) is 0 Å². The summed E-state index contributed by atoms with van der Waals surface area (Å²) in [5, 5.41) is 2.76. The Labute approximate surface area is 142 Å². The smallest absolute Gasteiger partial charge is 0.410 e. The average molecular weight is 336 g/mol. The summed E-state index contributed by atoms with van der Waals surface area (Å²) in [6.07, 6.45) is 1.45. The molecule has 6 heteroatoms. The molecule has 1 aliphatic rings. The maximum absolute atomic E-state index is 13.6. The second-order valence-electron chi connectivity index (χ2n) is 7.12. The molecule has 0 saturated carbocycles. The molecular formula is C18H25FN2O3. The lowest BCUT2D eigenvalue weighted by molar-refractivity contribution is 0.0167. The van der Waals surface area contributed by atoms with Gasteiger partial charge in [0.2, 0.25) is 0 Å². The summed E-state index contributed by atoms with van der Waals surface area (Å²) < 4.78 is 19.0. The molecule has 1 fully saturated rings. The number of hydrogen-bond acceptors (Lipinski definition) is 3. The molecule has 0 aromatic heterocycles. The van der Waals surface area contributed by atoms with E-state index in [9.17, 15) is 14.0 Å². The Morgan fingerprint density at radius 2 is 2.04 bits per heavy atom. The van der Waals surface area contributed by atoms with E-state index in [0.29, 0.717) is 19.6 Å². The Hall–Kier alpha value is -2.11. The SMILES string of the molecule is CC(C)(C)OC(=O)N1CCCC(CNC(=O)c2ccccc2F)C1. The third-order valence-electron chi connectivity index (χ3n) is 3.84. The summed E-state index contributed by atoms with van der Waals surface area (Å²) in [5.74, 6) is -0.821. The normalized spacial score (nSPS) is 18.2. The number of nitrogens with zero attached hydrogens (tertiary/aromatic N) is 1. The van der Waals surface area contributed by atoms with Gasteiger partial charge in [0, 0.05) is 19.6 Å². The molecule has 0 radical (unpaired) electrons. The minimum atomic E-state index is -0.533. The number of likely N-dealkylation sites (tertiary alicyclic amines) is 1. The number of hydrogen-bond donors (Lipinski definition) is 1. The van der Waals surface area contributed by atoms with Gasteiger partial charge in [0.15, 0.2) is 0 Å². The number of carbonyl (C=O) groups is 2. The molecule has 0 spiro atoms. The monoisotopic (exact) mass is 336 g/mol. The molecule has 1 saturated heterocycles. The highest BCUT2D eigenvalue weighted by Gasteiger charge is 2.27. The van der Waals surface area contributed by atoms with Crippen LogP contribution in [-0.2, 0) is 4.74 Å². The van der Waals surface area contributed by atoms with Crippen molar-refractivity contribution < 1.29 is 18.7 Å². The van der Waals surface area contributed by atoms with Crippen molar-refractivity contribution in [1.82, 2.24) is 10.2 Å². The highest BCUT2D eigenvalue weighted by Crippen LogP contribution is 2.19. The van der Waals surface area contributed by atoms with Gasteiger partial charge in [-0.25, -0.2) is 9.18 Å². The van der Waals surface area contributed by atoms with E-state index >= 15 is 0 Å². The van der Waals surface area contributed by atoms with Crippen LogP contribution in [0.1, 0.15) is 44.0 Å². The van der Waals surface area contributed by atoms with Crippen LogP contribution in [0.25, 0.3) is 0 Å². The molecular weight excluding hydrogens is 311 g/mol. The quantitative estimate of drug-likeness (QED) is 0.922. The minimum absolute atomic E-state index is 0.0392. The van der Waals surface area contributed by atoms with Crippen LogP contribution in [0.3, 0.4) is 0 Å². The Morgan fingerprint density at radius 1 is 1.33 bits per heavy atom. The molecule has 1 heterocycles. The molecule has 132 valence electrons. The number of piperidine rings is 1. The summed E-state index contributed by atoms with van der Waals surface area (Å²) in [7, 11) is 0. The van der Waals surface area contributed by atoms with Gasteiger partial charge in [0.1, 0.15) is 11.4 Å². The maximum Gasteiger partial charge on any atom is 0.410 e. The Kier molecular flexibility index (Phi) is 5.80. The molecule has 1 N–H and O–H groups in total. The van der Waals surface area contributed by atoms with Crippen molar-refractivity contribution in [3.63, 3.8) is 0 Å². The van der Waals surface area contributed by atoms with Gasteiger partial charge in [0.05, 0.1) is 5.56 Å². The van der Waals surface area contributed by atoms with Crippen molar-refractivity contribution in [3.05, 3.63) is 35.6 Å². The summed E-state index contributed by atoms with van der Waals surface area (Å²) in [6.45, 7) is 7.11. The molecule has 5 nitrogen and oxygen atoms in total. The molecule has 0 bridgehead atoms. The number of carbonyl (C=O) groups excluding carboxylic acids is 2. The zero-order valence-corrected chi connectivity index (χ0v) is 14.5. The van der Waals surface area contributed by atoms with Crippen molar-refractivity contribution in [2.45, 2.75) is 39.2 Å². The zero-order chi connectivity index (χ0) is 17.7. The lowest BCUT2D eigenvalue weighted by Gasteiger charge is -2.34. The third kappa shape index (κ3) is 5.22. The minimum Gasteiger partial charge on any atom is -0.444 e. The fraction of sp³-hybridized carbons (Fsp3) is 0.556. The first kappa shape index (κ1) is 18.2. The Morgan fingerprint density at radius 3 is 2.71 bits per heavy atom. The van der Waals surface area contributed by atoms with Crippen molar-refractivity contribution in [3.8, 4) is 0 Å². The van der Waals surface area contributed by atoms with Gasteiger partial charge in [-0.05, 0) is 51.7 Å². The van der Waals surface area contributed by atoms with E-state index in [1.54, 1.807) is 17.0 Å². The van der Waals surface area contributed by atoms with Crippen LogP contribution in [0.15, 0.2) is 24.3 Å². The molecule has 1 atom stereocenters. The fourth-order valence-corrected chi connectivity index (χ4v) is 2.70. The first-order valence-electron chi connectivity index (χ1n) is 8.27. The first-order valence-corrected chi connectivity index (χ1v) is 8.27. The molecule has 2 amide bonds. The van der Waals surface area contributed by atoms with Gasteiger partial charge in [-0.15, -0.1) is 0 Å². The molecule has 0 aliphatic carbocycles. The molecule has 1 unspecified atom stereocenters. The number of benzene rings is 1. The number of amides is 2. The van der Waals surface area contributed by atoms with Crippen LogP contribution in [0.5, 0.6) is 0 Å². The second kappa shape index (κ2) is 7.64. The van der Waals surface area contributed by atoms with Crippen LogP contribution in [0, 0.1) is 11.7 Å². The van der Waals surface area contributed by atoms with E-state index in [1.165, 1.54) is 12.1 Å². The number of ether oxygens (including phenoxy) is 1. The van der Waals surface area contributed by atoms with E-state index in [-0.39, 0.29) is 17.6 Å². The third-order valence-corrected chi connectivity index (χ3v) is 3.84. The Balaban J connectivity index is 1.86. The van der Waals surface area contributed by atoms with Crippen LogP contribution in [-0.4, -0.2) is 42.1 Å². The summed E-state index contributed by atoms with van der Waals surface area (Å²) >= 11 is 0. The topological polar surface area (TPSA) is 58.6 Å². The van der Waals surface area contributed by atoms with E-state index in [1.807, 2.05) is 20.8 Å². The van der Waals surface area contributed by atoms with Gasteiger partial charge in [-0.3, -0.25) is 4.79 Å². The van der Waals surface area contributed by atoms with Crippen molar-refractivity contribution in [2.24, 2.45) is 5.92 Å². The first-order chi connectivity index (χ1) is 11.3. The lowest BCUT2D eigenvalue weighted by Crippen LogP contribution is -2.45. The van der Waals surface area contributed by atoms with Gasteiger partial charge >= 0.3 is 6.09 Å². The van der Waals surface area contributed by atoms with Gasteiger partial charge in [0.25, 0.3) is 5.91 Å². The van der Waals surface area contributed by atoms with Crippen LogP contribution in [0.4, 0.5) is 9.18 Å². The van der Waals surface area contributed by atoms with Crippen LogP contribution in [0.2, 0.25) is 0 Å². The van der Waals surface area contributed by atoms with Gasteiger partial charge in [-0.1, -0.05) is 12.1 Å². The molecule has 1 aromatic rings. The largest absolute Gasteiger partial charge is 0.444 e. The lowest BCUT2D eigenvalue weighted by atomic mass is 9.98. The van der Waals surface area contributed by atoms with Crippen molar-refractivity contribution >= 4 is 12.0 Å². The van der Waals surface area contributed by atoms with Crippen molar-refractivity contribution in [2.75, 3.05) is 19.6 Å². The number of rotatable bonds is 3. The van der Waals surface area contributed by atoms with E-state index in [4.69, 9.17) is 4.74 Å². The summed E-state index contributed by atoms with van der Waals surface area (Å²) in [6, 6.07) is 5.90. The van der Waals surface area contributed by atoms with E-state index in [2.05, 4.69) is 5.32 Å². The van der Waals surface area contributed by atoms with E-state index < -0.39 is 17.3 Å². The molecule has 24 heavy (non-hydrogen) atoms. The molecule has 2 rings (SSSR count). The highest BCUT2D eigenvalue weighted by molar-refractivity contribution is 5.94. The zero-order valence-electron chi connectivity index (χ0n) is 14.5. The second-order valence-corrected chi connectivity index (χ2v) is 7.12. The number of nitrogens with one attached hydrogen (secondary N) is 1. The molecule has 1 aromatic carbocycles. The summed E-state index contributed by atoms with van der Waals surface area (Å²) in [4.78, 5) is 25.9. The van der Waals surface area contributed by atoms with Crippen LogP contribution < -0.4 is 5.32 Å². The van der Waals surface area contributed by atoms with Gasteiger partial charge in [-0.2, -0.15) is 0 Å². The molecule has 1 aliphatic heterocycles. The predicted octanol–water partition coefficient (Wildman–Crippen LogP) is 3.20. The maximum atomic E-state index is 13.6. The average Bonchev–Trinajstić information content (AvgIpc) is 2.52. The summed E-state index contributed by atoms with van der Waals surface area (Å²) in [5.41, 5.74) is -0.486. The van der Waals surface area contributed by atoms with E-state index in [0.717, 1.165) is 12.8 Å². The van der Waals surface area contributed by atoms with Gasteiger partial charge < -0.3 is 15.0 Å². The fourth-order valence-electron chi connectivity index (χ4n) is 2.70.